The molecule has 0 spiro atoms. The van der Waals surface area contributed by atoms with Gasteiger partial charge in [-0.15, -0.1) is 0 Å². The summed E-state index contributed by atoms with van der Waals surface area (Å²) in [5, 5.41) is 0. The molecule has 3 nitrogen and oxygen atoms in total. The first kappa shape index (κ1) is 11.9. The predicted octanol–water partition coefficient (Wildman–Crippen LogP) is 2.25. The van der Waals surface area contributed by atoms with E-state index in [0.717, 1.165) is 36.5 Å². The SMILES string of the molecule is CC1COCCN1Cc1cc(N)cc(Br)c1. The molecule has 1 saturated heterocycles. The highest BCUT2D eigenvalue weighted by molar-refractivity contribution is 9.10. The number of nitrogens with zero attached hydrogens (tertiary/aromatic N) is 1. The minimum atomic E-state index is 0.481. The second-order valence-corrected chi connectivity index (χ2v) is 5.20. The van der Waals surface area contributed by atoms with Gasteiger partial charge in [-0.3, -0.25) is 4.90 Å². The van der Waals surface area contributed by atoms with E-state index in [2.05, 4.69) is 33.8 Å². The molecule has 0 aliphatic carbocycles. The van der Waals surface area contributed by atoms with Gasteiger partial charge in [0.25, 0.3) is 0 Å². The monoisotopic (exact) mass is 284 g/mol. The van der Waals surface area contributed by atoms with Crippen LogP contribution in [0.3, 0.4) is 0 Å². The maximum atomic E-state index is 5.83. The van der Waals surface area contributed by atoms with Crippen LogP contribution in [-0.4, -0.2) is 30.7 Å². The summed E-state index contributed by atoms with van der Waals surface area (Å²) in [5.74, 6) is 0. The normalized spacial score (nSPS) is 22.2. The summed E-state index contributed by atoms with van der Waals surface area (Å²) < 4.78 is 6.47. The molecule has 0 saturated carbocycles. The van der Waals surface area contributed by atoms with Crippen LogP contribution >= 0.6 is 15.9 Å². The van der Waals surface area contributed by atoms with Crippen molar-refractivity contribution in [3.63, 3.8) is 0 Å². The fourth-order valence-electron chi connectivity index (χ4n) is 2.00. The van der Waals surface area contributed by atoms with Crippen molar-refractivity contribution in [1.82, 2.24) is 4.90 Å². The van der Waals surface area contributed by atoms with E-state index in [4.69, 9.17) is 10.5 Å². The van der Waals surface area contributed by atoms with Gasteiger partial charge in [0.15, 0.2) is 0 Å². The molecule has 0 aromatic heterocycles. The van der Waals surface area contributed by atoms with E-state index in [0.29, 0.717) is 6.04 Å². The molecule has 0 radical (unpaired) electrons. The maximum absolute atomic E-state index is 5.83. The second-order valence-electron chi connectivity index (χ2n) is 4.29. The van der Waals surface area contributed by atoms with E-state index in [-0.39, 0.29) is 0 Å². The summed E-state index contributed by atoms with van der Waals surface area (Å²) in [7, 11) is 0. The van der Waals surface area contributed by atoms with E-state index in [1.165, 1.54) is 5.56 Å². The molecular formula is C12H17BrN2O. The molecule has 1 aliphatic heterocycles. The lowest BCUT2D eigenvalue weighted by atomic mass is 10.1. The smallest absolute Gasteiger partial charge is 0.0619 e. The zero-order chi connectivity index (χ0) is 11.5. The number of hydrogen-bond donors (Lipinski definition) is 1. The Morgan fingerprint density at radius 2 is 2.31 bits per heavy atom. The predicted molar refractivity (Wildman–Crippen MR) is 69.2 cm³/mol. The molecule has 1 heterocycles. The number of anilines is 1. The van der Waals surface area contributed by atoms with Gasteiger partial charge in [-0.25, -0.2) is 0 Å². The molecule has 1 aromatic carbocycles. The number of rotatable bonds is 2. The first-order valence-electron chi connectivity index (χ1n) is 5.52. The van der Waals surface area contributed by atoms with E-state index < -0.39 is 0 Å². The average molecular weight is 285 g/mol. The third-order valence-corrected chi connectivity index (χ3v) is 3.33. The standard InChI is InChI=1S/C12H17BrN2O/c1-9-8-16-3-2-15(9)7-10-4-11(13)6-12(14)5-10/h4-6,9H,2-3,7-8,14H2,1H3. The third-order valence-electron chi connectivity index (χ3n) is 2.87. The Hall–Kier alpha value is -0.580. The Morgan fingerprint density at radius 3 is 3.00 bits per heavy atom. The summed E-state index contributed by atoms with van der Waals surface area (Å²) in [6, 6.07) is 6.56. The molecule has 1 atom stereocenters. The highest BCUT2D eigenvalue weighted by Gasteiger charge is 2.18. The van der Waals surface area contributed by atoms with Crippen molar-refractivity contribution in [2.24, 2.45) is 0 Å². The van der Waals surface area contributed by atoms with Crippen molar-refractivity contribution in [3.05, 3.63) is 28.2 Å². The average Bonchev–Trinajstić information content (AvgIpc) is 2.20. The van der Waals surface area contributed by atoms with Gasteiger partial charge in [0.2, 0.25) is 0 Å². The molecule has 16 heavy (non-hydrogen) atoms. The number of ether oxygens (including phenoxy) is 1. The Labute approximate surface area is 105 Å². The molecule has 0 amide bonds. The molecule has 88 valence electrons. The lowest BCUT2D eigenvalue weighted by Gasteiger charge is -2.33. The van der Waals surface area contributed by atoms with Gasteiger partial charge >= 0.3 is 0 Å². The van der Waals surface area contributed by atoms with Crippen LogP contribution in [0.2, 0.25) is 0 Å². The number of morpholine rings is 1. The topological polar surface area (TPSA) is 38.5 Å². The van der Waals surface area contributed by atoms with Crippen LogP contribution in [-0.2, 0) is 11.3 Å². The molecule has 1 aliphatic rings. The molecule has 4 heteroatoms. The van der Waals surface area contributed by atoms with Gasteiger partial charge in [0.05, 0.1) is 13.2 Å². The fraction of sp³-hybridized carbons (Fsp3) is 0.500. The number of halogens is 1. The van der Waals surface area contributed by atoms with E-state index in [1.54, 1.807) is 0 Å². The summed E-state index contributed by atoms with van der Waals surface area (Å²) in [4.78, 5) is 2.42. The van der Waals surface area contributed by atoms with Crippen LogP contribution < -0.4 is 5.73 Å². The number of hydrogen-bond acceptors (Lipinski definition) is 3. The summed E-state index contributed by atoms with van der Waals surface area (Å²) >= 11 is 3.47. The molecule has 2 N–H and O–H groups in total. The van der Waals surface area contributed by atoms with Crippen molar-refractivity contribution < 1.29 is 4.74 Å². The highest BCUT2D eigenvalue weighted by atomic mass is 79.9. The molecule has 1 aromatic rings. The highest BCUT2D eigenvalue weighted by Crippen LogP contribution is 2.20. The molecular weight excluding hydrogens is 268 g/mol. The Balaban J connectivity index is 2.07. The van der Waals surface area contributed by atoms with E-state index in [1.807, 2.05) is 12.1 Å². The summed E-state index contributed by atoms with van der Waals surface area (Å²) in [5.41, 5.74) is 7.89. The first-order chi connectivity index (χ1) is 7.65. The van der Waals surface area contributed by atoms with Crippen LogP contribution in [0.15, 0.2) is 22.7 Å². The van der Waals surface area contributed by atoms with E-state index >= 15 is 0 Å². The van der Waals surface area contributed by atoms with Crippen molar-refractivity contribution in [2.75, 3.05) is 25.5 Å². The van der Waals surface area contributed by atoms with Gasteiger partial charge in [0, 0.05) is 29.3 Å². The van der Waals surface area contributed by atoms with Gasteiger partial charge in [-0.05, 0) is 30.7 Å². The minimum absolute atomic E-state index is 0.481. The third kappa shape index (κ3) is 2.97. The van der Waals surface area contributed by atoms with Crippen LogP contribution in [0.1, 0.15) is 12.5 Å². The number of nitrogens with two attached hydrogens (primary N) is 1. The van der Waals surface area contributed by atoms with Crippen molar-refractivity contribution >= 4 is 21.6 Å². The zero-order valence-corrected chi connectivity index (χ0v) is 11.0. The molecule has 0 bridgehead atoms. The van der Waals surface area contributed by atoms with Gasteiger partial charge in [-0.2, -0.15) is 0 Å². The van der Waals surface area contributed by atoms with Gasteiger partial charge in [0.1, 0.15) is 0 Å². The molecule has 1 unspecified atom stereocenters. The zero-order valence-electron chi connectivity index (χ0n) is 9.45. The number of benzene rings is 1. The van der Waals surface area contributed by atoms with Gasteiger partial charge < -0.3 is 10.5 Å². The Bertz CT molecular complexity index is 350. The summed E-state index contributed by atoms with van der Waals surface area (Å²) in [6.45, 7) is 5.78. The van der Waals surface area contributed by atoms with Crippen LogP contribution in [0, 0.1) is 0 Å². The largest absolute Gasteiger partial charge is 0.399 e. The van der Waals surface area contributed by atoms with Crippen LogP contribution in [0.25, 0.3) is 0 Å². The fourth-order valence-corrected chi connectivity index (χ4v) is 2.56. The minimum Gasteiger partial charge on any atom is -0.399 e. The Kier molecular flexibility index (Phi) is 3.84. The quantitative estimate of drug-likeness (QED) is 0.847. The van der Waals surface area contributed by atoms with Crippen molar-refractivity contribution in [1.29, 1.82) is 0 Å². The van der Waals surface area contributed by atoms with Gasteiger partial charge in [-0.1, -0.05) is 15.9 Å². The molecule has 2 rings (SSSR count). The van der Waals surface area contributed by atoms with Crippen molar-refractivity contribution in [3.8, 4) is 0 Å². The second kappa shape index (κ2) is 5.17. The lowest BCUT2D eigenvalue weighted by molar-refractivity contribution is -0.00436. The van der Waals surface area contributed by atoms with Crippen LogP contribution in [0.5, 0.6) is 0 Å². The van der Waals surface area contributed by atoms with E-state index in [9.17, 15) is 0 Å². The lowest BCUT2D eigenvalue weighted by Crippen LogP contribution is -2.42. The van der Waals surface area contributed by atoms with Crippen molar-refractivity contribution in [2.45, 2.75) is 19.5 Å². The first-order valence-corrected chi connectivity index (χ1v) is 6.31. The molecule has 1 fully saturated rings. The summed E-state index contributed by atoms with van der Waals surface area (Å²) in [6.07, 6.45) is 0. The van der Waals surface area contributed by atoms with Crippen LogP contribution in [0.4, 0.5) is 5.69 Å². The Morgan fingerprint density at radius 1 is 1.50 bits per heavy atom. The number of nitrogen functional groups attached to an aromatic ring is 1. The maximum Gasteiger partial charge on any atom is 0.0619 e.